The van der Waals surface area contributed by atoms with Crippen molar-refractivity contribution in [3.05, 3.63) is 0 Å². The molecule has 10 aliphatic heterocycles. The van der Waals surface area contributed by atoms with Crippen LogP contribution in [-0.2, 0) is 114 Å². The van der Waals surface area contributed by atoms with E-state index in [0.717, 1.165) is 34.6 Å². The van der Waals surface area contributed by atoms with E-state index in [1.165, 1.54) is 0 Å². The van der Waals surface area contributed by atoms with Crippen LogP contribution in [0.4, 0.5) is 0 Å². The first kappa shape index (κ1) is 104. The van der Waals surface area contributed by atoms with Crippen molar-refractivity contribution in [2.45, 2.75) is 341 Å². The van der Waals surface area contributed by atoms with E-state index < -0.39 is 402 Å². The molecule has 10 rings (SSSR count). The molecule has 0 aromatic rings. The van der Waals surface area contributed by atoms with Gasteiger partial charge in [-0.1, -0.05) is 0 Å². The van der Waals surface area contributed by atoms with Crippen LogP contribution in [0.2, 0.25) is 0 Å². The van der Waals surface area contributed by atoms with Crippen LogP contribution in [0.3, 0.4) is 0 Å². The quantitative estimate of drug-likeness (QED) is 0.0290. The number of hydrogen-bond acceptors (Lipinski definition) is 51. The third-order valence-electron chi connectivity index (χ3n) is 22.9. The normalized spacial score (nSPS) is 48.4. The molecule has 1 unspecified atom stereocenters. The smallest absolute Gasteiger partial charge is 0.217 e. The minimum absolute atomic E-state index is 0.783. The molecular weight excluding hydrogens is 1730 g/mol. The Balaban J connectivity index is 0.824. The van der Waals surface area contributed by atoms with E-state index in [1.54, 1.807) is 0 Å². The molecule has 10 saturated heterocycles. The molecule has 0 aromatic carbocycles. The zero-order valence-corrected chi connectivity index (χ0v) is 67.8. The molecule has 126 heavy (non-hydrogen) atoms. The summed E-state index contributed by atoms with van der Waals surface area (Å²) in [5.74, 6) is -4.56. The van der Waals surface area contributed by atoms with Crippen molar-refractivity contribution in [1.29, 1.82) is 0 Å². The van der Waals surface area contributed by atoms with E-state index in [4.69, 9.17) is 90.0 Å². The molecule has 0 radical (unpaired) electrons. The van der Waals surface area contributed by atoms with E-state index >= 15 is 0 Å². The number of carbonyl (C=O) groups is 5. The Morgan fingerprint density at radius 2 is 0.365 bits per heavy atom. The summed E-state index contributed by atoms with van der Waals surface area (Å²) in [6.45, 7) is -6.13. The molecule has 56 heteroatoms. The van der Waals surface area contributed by atoms with E-state index in [9.17, 15) is 162 Å². The van der Waals surface area contributed by atoms with Gasteiger partial charge < -0.3 is 254 Å². The maximum atomic E-state index is 13.1. The van der Waals surface area contributed by atoms with Gasteiger partial charge in [0.05, 0.1) is 66.1 Å². The standard InChI is InChI=1S/C70H117N5O51/c1-16(86)71-31-42(97)52(118-66-47(102)46(101)36(91)21(6-76)109-66)27(12-82)114-62(31)123-57-38(93)23(8-78)110-67(48(57)103)119-53-28(13-83)115-63(32(43(53)98)72-17(2)87)124-58-39(94)24(9-79)111-68(49(58)104)120-54-29(14-84)116-64(33(44(54)99)73-18(3)88)125-59-40(95)25(10-80)112-69(50(59)105)121-55-30(15-85)117-65(34(45(55)100)74-19(4)89)126-60-41(96)26(11-81)113-70(51(60)106)122-56-35(75-20(5)90)61(107)108-22(7-77)37(56)92/h21-70,76-85,91-107H,6-15H2,1-5H3,(H,71,86)(H,72,87)(H,73,88)(H,74,89)(H,75,90)/t21-,22-,23-,24-,25-,26-,27-,28-,29-,30-,31-,32-,33-,34-,35-,36+,37+,38+,39+,40+,41+,42-,43-,44-,45-,46+,47-,48-,49-,50-,51-,52-,53-,54-,55-,56-,57+,58+,59+,60+,61?,62+,63+,64+,65+,66+,67+,68+,69+,70+/m1/s1. The Bertz CT molecular complexity index is 3440. The Morgan fingerprint density at radius 1 is 0.190 bits per heavy atom. The molecule has 10 fully saturated rings. The van der Waals surface area contributed by atoms with Gasteiger partial charge in [0, 0.05) is 34.6 Å². The molecule has 0 aliphatic carbocycles. The number of hydrogen-bond donors (Lipinski definition) is 32. The second-order valence-corrected chi connectivity index (χ2v) is 31.7. The van der Waals surface area contributed by atoms with Crippen LogP contribution >= 0.6 is 0 Å². The highest BCUT2D eigenvalue weighted by Crippen LogP contribution is 2.41. The van der Waals surface area contributed by atoms with Crippen molar-refractivity contribution < 1.29 is 252 Å². The number of carbonyl (C=O) groups excluding carboxylic acids is 5. The molecule has 10 aliphatic rings. The third-order valence-corrected chi connectivity index (χ3v) is 22.9. The maximum absolute atomic E-state index is 13.1. The largest absolute Gasteiger partial charge is 0.394 e. The van der Waals surface area contributed by atoms with Crippen molar-refractivity contribution >= 4 is 29.5 Å². The molecule has 0 saturated carbocycles. The summed E-state index contributed by atoms with van der Waals surface area (Å²) in [7, 11) is 0. The Hall–Kier alpha value is -4.49. The van der Waals surface area contributed by atoms with Crippen molar-refractivity contribution in [3.8, 4) is 0 Å². The van der Waals surface area contributed by atoms with Crippen LogP contribution in [0.15, 0.2) is 0 Å². The van der Waals surface area contributed by atoms with Crippen LogP contribution in [0.25, 0.3) is 0 Å². The monoisotopic (exact) mass is 1840 g/mol. The fourth-order valence-corrected chi connectivity index (χ4v) is 16.5. The highest BCUT2D eigenvalue weighted by atomic mass is 16.8. The number of rotatable bonds is 33. The average molecular weight is 1840 g/mol. The van der Waals surface area contributed by atoms with E-state index in [1.807, 2.05) is 0 Å². The molecule has 5 amide bonds. The van der Waals surface area contributed by atoms with Crippen LogP contribution < -0.4 is 26.6 Å². The van der Waals surface area contributed by atoms with Gasteiger partial charge in [-0.3, -0.25) is 24.0 Å². The zero-order valence-electron chi connectivity index (χ0n) is 67.8. The average Bonchev–Trinajstić information content (AvgIpc) is 0.768. The Labute approximate surface area is 713 Å². The first-order chi connectivity index (χ1) is 59.7. The zero-order chi connectivity index (χ0) is 92.8. The highest BCUT2D eigenvalue weighted by Gasteiger charge is 2.63. The predicted molar refractivity (Wildman–Crippen MR) is 388 cm³/mol. The summed E-state index contributed by atoms with van der Waals surface area (Å²) in [6, 6.07) is -9.33. The topological polar surface area (TPSA) is 867 Å². The van der Waals surface area contributed by atoms with Gasteiger partial charge in [0.1, 0.15) is 244 Å². The minimum Gasteiger partial charge on any atom is -0.394 e. The summed E-state index contributed by atoms with van der Waals surface area (Å²) in [5, 5.41) is 313. The first-order valence-corrected chi connectivity index (χ1v) is 40.1. The lowest BCUT2D eigenvalue weighted by Crippen LogP contribution is -2.71. The fourth-order valence-electron chi connectivity index (χ4n) is 16.5. The van der Waals surface area contributed by atoms with Gasteiger partial charge in [-0.2, -0.15) is 0 Å². The summed E-state index contributed by atoms with van der Waals surface area (Å²) in [6.07, 6.45) is -91.9. The van der Waals surface area contributed by atoms with Crippen LogP contribution in [0.5, 0.6) is 0 Å². The summed E-state index contributed by atoms with van der Waals surface area (Å²) in [4.78, 5) is 63.9. The van der Waals surface area contributed by atoms with Gasteiger partial charge in [0.15, 0.2) is 62.9 Å². The minimum atomic E-state index is -2.41. The number of ether oxygens (including phenoxy) is 19. The lowest BCUT2D eigenvalue weighted by Gasteiger charge is -2.51. The number of nitrogens with one attached hydrogen (secondary N) is 5. The molecule has 728 valence electrons. The fraction of sp³-hybridized carbons (Fsp3) is 0.929. The molecule has 0 spiro atoms. The first-order valence-electron chi connectivity index (χ1n) is 40.1. The Morgan fingerprint density at radius 3 is 0.587 bits per heavy atom. The number of amides is 5. The van der Waals surface area contributed by atoms with Gasteiger partial charge in [-0.25, -0.2) is 0 Å². The van der Waals surface area contributed by atoms with Gasteiger partial charge in [0.2, 0.25) is 29.5 Å². The Kier molecular flexibility index (Phi) is 37.4. The van der Waals surface area contributed by atoms with Crippen molar-refractivity contribution in [3.63, 3.8) is 0 Å². The molecule has 32 N–H and O–H groups in total. The lowest BCUT2D eigenvalue weighted by molar-refractivity contribution is -0.390. The third kappa shape index (κ3) is 22.8. The molecule has 0 aromatic heterocycles. The summed E-state index contributed by atoms with van der Waals surface area (Å²) >= 11 is 0. The van der Waals surface area contributed by atoms with E-state index in [-0.39, 0.29) is 0 Å². The molecule has 56 nitrogen and oxygen atoms in total. The predicted octanol–water partition coefficient (Wildman–Crippen LogP) is -22.1. The van der Waals surface area contributed by atoms with Crippen molar-refractivity contribution in [2.24, 2.45) is 0 Å². The molecule has 10 heterocycles. The molecular formula is C70H117N5O51. The van der Waals surface area contributed by atoms with Gasteiger partial charge in [-0.15, -0.1) is 0 Å². The SMILES string of the molecule is CC(=O)N[C@H]1[C@H](O[C@H]2[C@@H](O)[C@@H](CO)O[C@@H](O[C@H]3[C@H](O)[C@@H](NC(C)=O)[C@H](O[C@H]4[C@@H](O)[C@@H](CO)O[C@@H](O[C@H]5[C@H](O)[C@@H](NC(C)=O)[C@H](O[C@H]6[C@@H](O)[C@@H](CO)O[C@@H](O[C@H]7[C@H](O)[C@@H](NC(C)=O)[C@H](O[C@H]8[C@@H](O)[C@@H](CO)O[C@@H](O[C@H]9[C@@H](O)[C@@H](CO)OC(O)[C@@H]9NC(C)=O)[C@@H]8O)O[C@@H]7CO)[C@@H]6O)O[C@@H]5CO)[C@@H]4O)O[C@@H]3CO)[C@@H]2O)O[C@H](CO)[C@@H](O[C@@H]2O[C@H](CO)[C@H](O)[C@H](O)[C@H]2O)[C@@H]1O. The second kappa shape index (κ2) is 45.5. The second-order valence-electron chi connectivity index (χ2n) is 31.7. The van der Waals surface area contributed by atoms with Crippen LogP contribution in [-0.4, -0.2) is 540 Å². The molecule has 0 bridgehead atoms. The van der Waals surface area contributed by atoms with Gasteiger partial charge in [-0.05, 0) is 0 Å². The van der Waals surface area contributed by atoms with Gasteiger partial charge in [0.25, 0.3) is 0 Å². The van der Waals surface area contributed by atoms with Crippen LogP contribution in [0.1, 0.15) is 34.6 Å². The van der Waals surface area contributed by atoms with Gasteiger partial charge >= 0.3 is 0 Å². The van der Waals surface area contributed by atoms with Crippen LogP contribution in [0, 0.1) is 0 Å². The summed E-state index contributed by atoms with van der Waals surface area (Å²) < 4.78 is 111. The highest BCUT2D eigenvalue weighted by molar-refractivity contribution is 5.75. The molecule has 50 atom stereocenters. The maximum Gasteiger partial charge on any atom is 0.217 e. The lowest BCUT2D eigenvalue weighted by atomic mass is 9.93. The van der Waals surface area contributed by atoms with Crippen molar-refractivity contribution in [2.75, 3.05) is 66.1 Å². The summed E-state index contributed by atoms with van der Waals surface area (Å²) in [5.41, 5.74) is 0. The number of aliphatic hydroxyl groups is 27. The van der Waals surface area contributed by atoms with E-state index in [0.29, 0.717) is 0 Å². The van der Waals surface area contributed by atoms with E-state index in [2.05, 4.69) is 26.6 Å². The number of aliphatic hydroxyl groups excluding tert-OH is 27. The van der Waals surface area contributed by atoms with Crippen molar-refractivity contribution in [1.82, 2.24) is 26.6 Å².